The molecule has 0 radical (unpaired) electrons. The monoisotopic (exact) mass is 168 g/mol. The van der Waals surface area contributed by atoms with Crippen LogP contribution in [-0.4, -0.2) is 16.5 Å². The van der Waals surface area contributed by atoms with Crippen LogP contribution in [0.15, 0.2) is 12.2 Å². The average molecular weight is 168 g/mol. The van der Waals surface area contributed by atoms with Gasteiger partial charge in [-0.25, -0.2) is 0 Å². The Kier molecular flexibility index (Phi) is 1.61. The molecule has 2 saturated heterocycles. The van der Waals surface area contributed by atoms with Crippen LogP contribution >= 0.6 is 0 Å². The molecule has 0 aromatic rings. The second kappa shape index (κ2) is 2.33. The van der Waals surface area contributed by atoms with Gasteiger partial charge >= 0.3 is 0 Å². The van der Waals surface area contributed by atoms with Crippen molar-refractivity contribution in [2.45, 2.75) is 50.4 Å². The first-order valence-electron chi connectivity index (χ1n) is 4.65. The summed E-state index contributed by atoms with van der Waals surface area (Å²) in [6.45, 7) is 6.06. The summed E-state index contributed by atoms with van der Waals surface area (Å²) in [5.41, 5.74) is 0.904. The van der Waals surface area contributed by atoms with Crippen molar-refractivity contribution in [1.29, 1.82) is 0 Å². The number of rotatable bonds is 0. The molecule has 2 heteroatoms. The van der Waals surface area contributed by atoms with Crippen LogP contribution in [-0.2, 0) is 4.74 Å². The fourth-order valence-electron chi connectivity index (χ4n) is 2.22. The van der Waals surface area contributed by atoms with Gasteiger partial charge in [0.15, 0.2) is 5.79 Å². The Hall–Kier alpha value is -0.340. The molecular formula is C10H16O2. The van der Waals surface area contributed by atoms with Gasteiger partial charge in [0.25, 0.3) is 0 Å². The van der Waals surface area contributed by atoms with Gasteiger partial charge in [0, 0.05) is 12.8 Å². The van der Waals surface area contributed by atoms with Crippen molar-refractivity contribution in [2.75, 3.05) is 0 Å². The lowest BCUT2D eigenvalue weighted by molar-refractivity contribution is -0.208. The highest BCUT2D eigenvalue weighted by Crippen LogP contribution is 2.46. The van der Waals surface area contributed by atoms with E-state index < -0.39 is 5.79 Å². The summed E-state index contributed by atoms with van der Waals surface area (Å²) in [6, 6.07) is 0. The molecule has 2 atom stereocenters. The summed E-state index contributed by atoms with van der Waals surface area (Å²) in [7, 11) is 0. The number of aliphatic hydroxyl groups is 1. The maximum atomic E-state index is 9.92. The van der Waals surface area contributed by atoms with Gasteiger partial charge in [0.2, 0.25) is 0 Å². The Morgan fingerprint density at radius 2 is 2.17 bits per heavy atom. The SMILES string of the molecule is C=C1CCC[C@@]2(O)CC[C@]1(C)O2. The van der Waals surface area contributed by atoms with Crippen molar-refractivity contribution in [3.63, 3.8) is 0 Å². The van der Waals surface area contributed by atoms with Crippen LogP contribution in [0.1, 0.15) is 39.0 Å². The number of ether oxygens (including phenoxy) is 1. The van der Waals surface area contributed by atoms with E-state index >= 15 is 0 Å². The van der Waals surface area contributed by atoms with Crippen molar-refractivity contribution >= 4 is 0 Å². The Balaban J connectivity index is 2.29. The van der Waals surface area contributed by atoms with Crippen molar-refractivity contribution in [3.8, 4) is 0 Å². The number of hydrogen-bond acceptors (Lipinski definition) is 2. The minimum Gasteiger partial charge on any atom is -0.365 e. The lowest BCUT2D eigenvalue weighted by Gasteiger charge is -2.27. The third-order valence-corrected chi connectivity index (χ3v) is 3.20. The second-order valence-electron chi connectivity index (χ2n) is 4.24. The van der Waals surface area contributed by atoms with Crippen molar-refractivity contribution in [2.24, 2.45) is 0 Å². The van der Waals surface area contributed by atoms with E-state index in [0.717, 1.165) is 37.7 Å². The molecule has 2 nitrogen and oxygen atoms in total. The first-order chi connectivity index (χ1) is 5.54. The van der Waals surface area contributed by atoms with E-state index in [0.29, 0.717) is 0 Å². The van der Waals surface area contributed by atoms with Gasteiger partial charge in [0.05, 0.1) is 5.60 Å². The molecule has 2 heterocycles. The van der Waals surface area contributed by atoms with Gasteiger partial charge in [-0.05, 0) is 31.8 Å². The van der Waals surface area contributed by atoms with E-state index in [1.54, 1.807) is 0 Å². The fraction of sp³-hybridized carbons (Fsp3) is 0.800. The fourth-order valence-corrected chi connectivity index (χ4v) is 2.22. The third-order valence-electron chi connectivity index (χ3n) is 3.20. The maximum Gasteiger partial charge on any atom is 0.166 e. The molecule has 68 valence electrons. The van der Waals surface area contributed by atoms with Gasteiger partial charge in [0.1, 0.15) is 0 Å². The molecule has 2 fully saturated rings. The zero-order chi connectivity index (χ0) is 8.82. The standard InChI is InChI=1S/C10H16O2/c1-8-4-3-5-10(11)7-6-9(8,2)12-10/h11H,1,3-7H2,2H3/t9-,10-/m0/s1. The molecule has 2 bridgehead atoms. The topological polar surface area (TPSA) is 29.5 Å². The van der Waals surface area contributed by atoms with E-state index in [2.05, 4.69) is 6.58 Å². The molecule has 0 saturated carbocycles. The van der Waals surface area contributed by atoms with E-state index in [4.69, 9.17) is 4.74 Å². The van der Waals surface area contributed by atoms with Crippen molar-refractivity contribution in [3.05, 3.63) is 12.2 Å². The quantitative estimate of drug-likeness (QED) is 0.560. The van der Waals surface area contributed by atoms with Crippen LogP contribution in [0.25, 0.3) is 0 Å². The minimum atomic E-state index is -0.839. The summed E-state index contributed by atoms with van der Waals surface area (Å²) >= 11 is 0. The minimum absolute atomic E-state index is 0.245. The van der Waals surface area contributed by atoms with Crippen LogP contribution in [0.4, 0.5) is 0 Å². The molecule has 0 aromatic carbocycles. The van der Waals surface area contributed by atoms with Crippen LogP contribution in [0.2, 0.25) is 0 Å². The van der Waals surface area contributed by atoms with Gasteiger partial charge in [-0.2, -0.15) is 0 Å². The predicted octanol–water partition coefficient (Wildman–Crippen LogP) is 1.98. The first kappa shape index (κ1) is 8.27. The lowest BCUT2D eigenvalue weighted by Crippen LogP contribution is -2.32. The molecular weight excluding hydrogens is 152 g/mol. The largest absolute Gasteiger partial charge is 0.365 e. The zero-order valence-corrected chi connectivity index (χ0v) is 7.60. The Morgan fingerprint density at radius 3 is 2.92 bits per heavy atom. The Morgan fingerprint density at radius 1 is 1.42 bits per heavy atom. The molecule has 2 rings (SSSR count). The van der Waals surface area contributed by atoms with Gasteiger partial charge in [-0.3, -0.25) is 0 Å². The van der Waals surface area contributed by atoms with E-state index in [1.165, 1.54) is 0 Å². The Labute approximate surface area is 73.2 Å². The number of hydrogen-bond donors (Lipinski definition) is 1. The van der Waals surface area contributed by atoms with E-state index in [1.807, 2.05) is 6.92 Å². The van der Waals surface area contributed by atoms with Crippen LogP contribution in [0.5, 0.6) is 0 Å². The maximum absolute atomic E-state index is 9.92. The van der Waals surface area contributed by atoms with Crippen LogP contribution in [0.3, 0.4) is 0 Å². The summed E-state index contributed by atoms with van der Waals surface area (Å²) in [6.07, 6.45) is 4.45. The van der Waals surface area contributed by atoms with E-state index in [-0.39, 0.29) is 5.60 Å². The van der Waals surface area contributed by atoms with Gasteiger partial charge in [-0.15, -0.1) is 0 Å². The highest BCUT2D eigenvalue weighted by atomic mass is 16.6. The summed E-state index contributed by atoms with van der Waals surface area (Å²) in [5.74, 6) is -0.839. The second-order valence-corrected chi connectivity index (χ2v) is 4.24. The average Bonchev–Trinajstić information content (AvgIpc) is 2.23. The van der Waals surface area contributed by atoms with E-state index in [9.17, 15) is 5.11 Å². The molecule has 2 aliphatic rings. The summed E-state index contributed by atoms with van der Waals surface area (Å²) in [5, 5.41) is 9.92. The highest BCUT2D eigenvalue weighted by Gasteiger charge is 2.48. The van der Waals surface area contributed by atoms with Crippen molar-refractivity contribution < 1.29 is 9.84 Å². The third kappa shape index (κ3) is 1.10. The van der Waals surface area contributed by atoms with Gasteiger partial charge in [-0.1, -0.05) is 6.58 Å². The molecule has 0 aromatic heterocycles. The zero-order valence-electron chi connectivity index (χ0n) is 7.60. The lowest BCUT2D eigenvalue weighted by atomic mass is 9.87. The number of fused-ring (bicyclic) bond motifs is 2. The predicted molar refractivity (Wildman–Crippen MR) is 46.7 cm³/mol. The molecule has 0 amide bonds. The molecule has 0 unspecified atom stereocenters. The summed E-state index contributed by atoms with van der Waals surface area (Å²) < 4.78 is 5.67. The van der Waals surface area contributed by atoms with Crippen LogP contribution in [0, 0.1) is 0 Å². The molecule has 12 heavy (non-hydrogen) atoms. The highest BCUT2D eigenvalue weighted by molar-refractivity contribution is 5.16. The Bertz CT molecular complexity index is 220. The first-order valence-corrected chi connectivity index (χ1v) is 4.65. The summed E-state index contributed by atoms with van der Waals surface area (Å²) in [4.78, 5) is 0. The molecule has 2 aliphatic heterocycles. The molecule has 1 N–H and O–H groups in total. The molecule has 0 aliphatic carbocycles. The molecule has 0 spiro atoms. The van der Waals surface area contributed by atoms with Gasteiger partial charge < -0.3 is 9.84 Å². The normalized spacial score (nSPS) is 47.7. The van der Waals surface area contributed by atoms with Crippen LogP contribution < -0.4 is 0 Å². The smallest absolute Gasteiger partial charge is 0.166 e. The van der Waals surface area contributed by atoms with Crippen molar-refractivity contribution in [1.82, 2.24) is 0 Å².